The first-order valence-electron chi connectivity index (χ1n) is 7.11. The van der Waals surface area contributed by atoms with Crippen LogP contribution in [-0.4, -0.2) is 13.1 Å². The summed E-state index contributed by atoms with van der Waals surface area (Å²) in [5.41, 5.74) is 2.51. The molecule has 0 radical (unpaired) electrons. The van der Waals surface area contributed by atoms with Crippen LogP contribution in [0.25, 0.3) is 0 Å². The molecule has 23 heavy (non-hydrogen) atoms. The van der Waals surface area contributed by atoms with Crippen LogP contribution in [-0.2, 0) is 20.9 Å². The molecule has 0 aliphatic heterocycles. The molecule has 4 heteroatoms. The van der Waals surface area contributed by atoms with Crippen molar-refractivity contribution in [3.05, 3.63) is 70.2 Å². The van der Waals surface area contributed by atoms with Gasteiger partial charge in [0.1, 0.15) is 0 Å². The largest absolute Gasteiger partial charge is 0.444 e. The van der Waals surface area contributed by atoms with Gasteiger partial charge in [0.05, 0.1) is 6.61 Å². The van der Waals surface area contributed by atoms with Crippen LogP contribution in [0.2, 0.25) is 5.02 Å². The Morgan fingerprint density at radius 1 is 1.22 bits per heavy atom. The Morgan fingerprint density at radius 2 is 1.96 bits per heavy atom. The molecule has 0 aliphatic rings. The van der Waals surface area contributed by atoms with E-state index in [9.17, 15) is 4.79 Å². The van der Waals surface area contributed by atoms with Crippen LogP contribution >= 0.6 is 11.6 Å². The summed E-state index contributed by atoms with van der Waals surface area (Å²) in [6.45, 7) is 1.80. The molecule has 3 nitrogen and oxygen atoms in total. The lowest BCUT2D eigenvalue weighted by molar-refractivity contribution is -0.144. The molecule has 0 aliphatic carbocycles. The van der Waals surface area contributed by atoms with Gasteiger partial charge < -0.3 is 9.47 Å². The molecule has 0 saturated carbocycles. The van der Waals surface area contributed by atoms with E-state index in [1.807, 2.05) is 36.4 Å². The molecule has 118 valence electrons. The molecule has 2 rings (SSSR count). The van der Waals surface area contributed by atoms with Gasteiger partial charge in [0.2, 0.25) is 0 Å². The Bertz CT molecular complexity index is 729. The maximum atomic E-state index is 11.3. The van der Waals surface area contributed by atoms with E-state index in [-0.39, 0.29) is 5.97 Å². The minimum atomic E-state index is -0.622. The van der Waals surface area contributed by atoms with Crippen molar-refractivity contribution < 1.29 is 14.3 Å². The average molecular weight is 329 g/mol. The lowest BCUT2D eigenvalue weighted by atomic mass is 10.1. The summed E-state index contributed by atoms with van der Waals surface area (Å²) in [6.07, 6.45) is -0.622. The van der Waals surface area contributed by atoms with Gasteiger partial charge in [0, 0.05) is 30.2 Å². The maximum Gasteiger partial charge on any atom is 0.304 e. The second-order valence-corrected chi connectivity index (χ2v) is 5.34. The van der Waals surface area contributed by atoms with Gasteiger partial charge in [-0.05, 0) is 23.6 Å². The number of esters is 1. The third-order valence-corrected chi connectivity index (χ3v) is 3.33. The third kappa shape index (κ3) is 5.14. The molecular formula is C19H17ClO3. The summed E-state index contributed by atoms with van der Waals surface area (Å²) in [5.74, 6) is 5.68. The maximum absolute atomic E-state index is 11.3. The highest BCUT2D eigenvalue weighted by molar-refractivity contribution is 6.30. The monoisotopic (exact) mass is 328 g/mol. The summed E-state index contributed by atoms with van der Waals surface area (Å²) in [7, 11) is 1.62. The van der Waals surface area contributed by atoms with E-state index >= 15 is 0 Å². The fourth-order valence-corrected chi connectivity index (χ4v) is 2.24. The first-order chi connectivity index (χ1) is 11.1. The first-order valence-corrected chi connectivity index (χ1v) is 7.49. The SMILES string of the molecule is COCc1ccc(Cl)cc1C#CC(OC(C)=O)c1ccccc1. The van der Waals surface area contributed by atoms with E-state index in [0.29, 0.717) is 11.6 Å². The number of halogens is 1. The molecule has 0 N–H and O–H groups in total. The van der Waals surface area contributed by atoms with Crippen molar-refractivity contribution in [1.82, 2.24) is 0 Å². The molecule has 0 fully saturated rings. The fraction of sp³-hybridized carbons (Fsp3) is 0.211. The van der Waals surface area contributed by atoms with Crippen LogP contribution in [0, 0.1) is 11.8 Å². The quantitative estimate of drug-likeness (QED) is 0.625. The zero-order chi connectivity index (χ0) is 16.7. The number of carbonyl (C=O) groups is 1. The van der Waals surface area contributed by atoms with Gasteiger partial charge in [0.15, 0.2) is 6.10 Å². The normalized spacial score (nSPS) is 11.3. The van der Waals surface area contributed by atoms with Crippen molar-refractivity contribution in [1.29, 1.82) is 0 Å². The second-order valence-electron chi connectivity index (χ2n) is 4.90. The Kier molecular flexibility index (Phi) is 6.22. The second kappa shape index (κ2) is 8.38. The minimum absolute atomic E-state index is 0.378. The van der Waals surface area contributed by atoms with Crippen LogP contribution in [0.15, 0.2) is 48.5 Å². The predicted octanol–water partition coefficient (Wildman–Crippen LogP) is 4.14. The number of ether oxygens (including phenoxy) is 2. The van der Waals surface area contributed by atoms with Crippen molar-refractivity contribution in [3.8, 4) is 11.8 Å². The third-order valence-electron chi connectivity index (χ3n) is 3.10. The van der Waals surface area contributed by atoms with Crippen molar-refractivity contribution in [2.24, 2.45) is 0 Å². The molecule has 0 aromatic heterocycles. The van der Waals surface area contributed by atoms with E-state index in [4.69, 9.17) is 21.1 Å². The van der Waals surface area contributed by atoms with Gasteiger partial charge >= 0.3 is 5.97 Å². The van der Waals surface area contributed by atoms with Crippen LogP contribution in [0.1, 0.15) is 29.7 Å². The number of carbonyl (C=O) groups excluding carboxylic acids is 1. The fourth-order valence-electron chi connectivity index (χ4n) is 2.06. The summed E-state index contributed by atoms with van der Waals surface area (Å²) in [5, 5.41) is 0.595. The van der Waals surface area contributed by atoms with E-state index in [2.05, 4.69) is 11.8 Å². The molecule has 0 bridgehead atoms. The summed E-state index contributed by atoms with van der Waals surface area (Å²) >= 11 is 6.04. The highest BCUT2D eigenvalue weighted by Gasteiger charge is 2.11. The van der Waals surface area contributed by atoms with Gasteiger partial charge in [-0.15, -0.1) is 0 Å². The summed E-state index contributed by atoms with van der Waals surface area (Å²) in [6, 6.07) is 14.8. The lowest BCUT2D eigenvalue weighted by Gasteiger charge is -2.11. The van der Waals surface area contributed by atoms with Crippen LogP contribution in [0.5, 0.6) is 0 Å². The Balaban J connectivity index is 2.36. The predicted molar refractivity (Wildman–Crippen MR) is 90.0 cm³/mol. The first kappa shape index (κ1) is 17.1. The molecule has 1 atom stereocenters. The van der Waals surface area contributed by atoms with Crippen molar-refractivity contribution >= 4 is 17.6 Å². The molecule has 0 heterocycles. The molecule has 0 spiro atoms. The van der Waals surface area contributed by atoms with Gasteiger partial charge in [-0.25, -0.2) is 0 Å². The van der Waals surface area contributed by atoms with Gasteiger partial charge in [-0.2, -0.15) is 0 Å². The van der Waals surface area contributed by atoms with Gasteiger partial charge in [-0.1, -0.05) is 53.9 Å². The molecule has 2 aromatic rings. The molecular weight excluding hydrogens is 312 g/mol. The highest BCUT2D eigenvalue weighted by Crippen LogP contribution is 2.19. The smallest absolute Gasteiger partial charge is 0.304 e. The Morgan fingerprint density at radius 3 is 2.61 bits per heavy atom. The topological polar surface area (TPSA) is 35.5 Å². The minimum Gasteiger partial charge on any atom is -0.444 e. The van der Waals surface area contributed by atoms with Crippen molar-refractivity contribution in [3.63, 3.8) is 0 Å². The summed E-state index contributed by atoms with van der Waals surface area (Å²) < 4.78 is 10.5. The number of methoxy groups -OCH3 is 1. The molecule has 0 amide bonds. The zero-order valence-corrected chi connectivity index (χ0v) is 13.8. The Hall–Kier alpha value is -2.28. The van der Waals surface area contributed by atoms with Gasteiger partial charge in [-0.3, -0.25) is 4.79 Å². The molecule has 1 unspecified atom stereocenters. The van der Waals surface area contributed by atoms with Crippen molar-refractivity contribution in [2.75, 3.05) is 7.11 Å². The van der Waals surface area contributed by atoms with E-state index in [1.54, 1.807) is 19.2 Å². The van der Waals surface area contributed by atoms with Crippen LogP contribution in [0.4, 0.5) is 0 Å². The van der Waals surface area contributed by atoms with Crippen LogP contribution in [0.3, 0.4) is 0 Å². The highest BCUT2D eigenvalue weighted by atomic mass is 35.5. The van der Waals surface area contributed by atoms with Gasteiger partial charge in [0.25, 0.3) is 0 Å². The molecule has 0 saturated heterocycles. The number of benzene rings is 2. The number of hydrogen-bond acceptors (Lipinski definition) is 3. The van der Waals surface area contributed by atoms with E-state index < -0.39 is 6.10 Å². The Labute approximate surface area is 141 Å². The zero-order valence-electron chi connectivity index (χ0n) is 13.0. The van der Waals surface area contributed by atoms with E-state index in [0.717, 1.165) is 16.7 Å². The lowest BCUT2D eigenvalue weighted by Crippen LogP contribution is -2.06. The number of rotatable bonds is 4. The van der Waals surface area contributed by atoms with Crippen LogP contribution < -0.4 is 0 Å². The van der Waals surface area contributed by atoms with Crippen molar-refractivity contribution in [2.45, 2.75) is 19.6 Å². The molecule has 2 aromatic carbocycles. The average Bonchev–Trinajstić information content (AvgIpc) is 2.54. The summed E-state index contributed by atoms with van der Waals surface area (Å²) in [4.78, 5) is 11.3. The number of hydrogen-bond donors (Lipinski definition) is 0. The van der Waals surface area contributed by atoms with E-state index in [1.165, 1.54) is 6.92 Å². The standard InChI is InChI=1S/C19H17ClO3/c1-14(21)23-19(15-6-4-3-5-7-15)11-9-16-12-18(20)10-8-17(16)13-22-2/h3-8,10,12,19H,13H2,1-2H3.